The molecule has 0 radical (unpaired) electrons. The summed E-state index contributed by atoms with van der Waals surface area (Å²) in [4.78, 5) is 4.27. The Bertz CT molecular complexity index is 499. The summed E-state index contributed by atoms with van der Waals surface area (Å²) < 4.78 is 17.0. The van der Waals surface area contributed by atoms with Gasteiger partial charge >= 0.3 is 0 Å². The van der Waals surface area contributed by atoms with Crippen LogP contribution in [0.4, 0.5) is 0 Å². The summed E-state index contributed by atoms with van der Waals surface area (Å²) in [6, 6.07) is 2.12. The number of hydrogen-bond acceptors (Lipinski definition) is 4. The van der Waals surface area contributed by atoms with Gasteiger partial charge in [-0.25, -0.2) is 4.98 Å². The van der Waals surface area contributed by atoms with E-state index in [1.807, 2.05) is 6.20 Å². The quantitative estimate of drug-likeness (QED) is 0.857. The maximum atomic E-state index is 5.83. The van der Waals surface area contributed by atoms with Crippen LogP contribution in [0.5, 0.6) is 5.88 Å². The summed E-state index contributed by atoms with van der Waals surface area (Å²) in [5.74, 6) is 0.468. The fraction of sp³-hybridized carbons (Fsp3) is 0.706. The molecular weight excluding hydrogens is 266 g/mol. The second-order valence-electron chi connectivity index (χ2n) is 6.70. The van der Waals surface area contributed by atoms with Gasteiger partial charge < -0.3 is 14.2 Å². The van der Waals surface area contributed by atoms with Gasteiger partial charge in [-0.1, -0.05) is 6.92 Å². The van der Waals surface area contributed by atoms with Crippen LogP contribution in [0.1, 0.15) is 43.7 Å². The third-order valence-electron chi connectivity index (χ3n) is 5.11. The van der Waals surface area contributed by atoms with Gasteiger partial charge in [0.2, 0.25) is 5.88 Å². The second kappa shape index (κ2) is 5.58. The molecule has 1 aliphatic heterocycles. The van der Waals surface area contributed by atoms with Crippen molar-refractivity contribution in [2.24, 2.45) is 5.41 Å². The zero-order valence-electron chi connectivity index (χ0n) is 13.3. The fourth-order valence-corrected chi connectivity index (χ4v) is 3.61. The molecule has 1 aliphatic carbocycles. The Morgan fingerprint density at radius 3 is 2.48 bits per heavy atom. The van der Waals surface area contributed by atoms with Gasteiger partial charge in [0, 0.05) is 24.6 Å². The Labute approximate surface area is 126 Å². The van der Waals surface area contributed by atoms with Gasteiger partial charge in [0.25, 0.3) is 0 Å². The molecule has 4 heteroatoms. The van der Waals surface area contributed by atoms with Gasteiger partial charge in [0.05, 0.1) is 20.3 Å². The highest BCUT2D eigenvalue weighted by Gasteiger charge is 2.44. The number of hydrogen-bond donors (Lipinski definition) is 0. The Hall–Kier alpha value is -1.13. The molecule has 2 heterocycles. The molecule has 0 aromatic carbocycles. The van der Waals surface area contributed by atoms with E-state index >= 15 is 0 Å². The summed E-state index contributed by atoms with van der Waals surface area (Å²) in [5, 5.41) is 0. The Morgan fingerprint density at radius 1 is 1.19 bits per heavy atom. The first kappa shape index (κ1) is 14.8. The van der Waals surface area contributed by atoms with E-state index in [4.69, 9.17) is 14.2 Å². The van der Waals surface area contributed by atoms with Crippen molar-refractivity contribution in [2.75, 3.05) is 20.3 Å². The molecule has 1 aromatic rings. The predicted molar refractivity (Wildman–Crippen MR) is 80.4 cm³/mol. The number of aromatic nitrogens is 1. The largest absolute Gasteiger partial charge is 0.481 e. The molecule has 0 N–H and O–H groups in total. The van der Waals surface area contributed by atoms with E-state index in [0.717, 1.165) is 56.8 Å². The number of pyridine rings is 1. The summed E-state index contributed by atoms with van der Waals surface area (Å²) in [5.41, 5.74) is 2.81. The molecule has 4 nitrogen and oxygen atoms in total. The fourth-order valence-electron chi connectivity index (χ4n) is 3.61. The summed E-state index contributed by atoms with van der Waals surface area (Å²) in [6.45, 7) is 5.97. The van der Waals surface area contributed by atoms with E-state index in [1.54, 1.807) is 7.11 Å². The molecule has 3 rings (SSSR count). The molecule has 2 aliphatic rings. The van der Waals surface area contributed by atoms with E-state index in [-0.39, 0.29) is 5.79 Å². The number of rotatable bonds is 3. The first-order valence-electron chi connectivity index (χ1n) is 7.82. The molecule has 116 valence electrons. The highest BCUT2D eigenvalue weighted by molar-refractivity contribution is 5.33. The van der Waals surface area contributed by atoms with Crippen LogP contribution in [0.15, 0.2) is 12.3 Å². The van der Waals surface area contributed by atoms with Crippen LogP contribution < -0.4 is 4.74 Å². The lowest BCUT2D eigenvalue weighted by atomic mass is 9.69. The average molecular weight is 291 g/mol. The monoisotopic (exact) mass is 291 g/mol. The van der Waals surface area contributed by atoms with Gasteiger partial charge in [0.1, 0.15) is 0 Å². The van der Waals surface area contributed by atoms with E-state index in [9.17, 15) is 0 Å². The third kappa shape index (κ3) is 2.92. The minimum absolute atomic E-state index is 0.273. The van der Waals surface area contributed by atoms with Crippen LogP contribution in [-0.2, 0) is 15.9 Å². The predicted octanol–water partition coefficient (Wildman–Crippen LogP) is 3.26. The molecule has 0 atom stereocenters. The van der Waals surface area contributed by atoms with Gasteiger partial charge in [-0.15, -0.1) is 0 Å². The van der Waals surface area contributed by atoms with Gasteiger partial charge in [0.15, 0.2) is 5.79 Å². The molecule has 2 fully saturated rings. The van der Waals surface area contributed by atoms with Crippen LogP contribution in [-0.4, -0.2) is 31.1 Å². The van der Waals surface area contributed by atoms with Crippen molar-refractivity contribution in [2.45, 2.75) is 51.7 Å². The minimum Gasteiger partial charge on any atom is -0.481 e. The van der Waals surface area contributed by atoms with Crippen LogP contribution in [0, 0.1) is 12.3 Å². The van der Waals surface area contributed by atoms with Crippen LogP contribution in [0.2, 0.25) is 0 Å². The molecule has 0 amide bonds. The molecule has 1 aromatic heterocycles. The van der Waals surface area contributed by atoms with Crippen molar-refractivity contribution in [1.29, 1.82) is 0 Å². The Morgan fingerprint density at radius 2 is 1.86 bits per heavy atom. The molecule has 1 spiro atoms. The molecule has 1 saturated carbocycles. The van der Waals surface area contributed by atoms with E-state index in [1.165, 1.54) is 5.56 Å². The molecule has 21 heavy (non-hydrogen) atoms. The molecule has 0 bridgehead atoms. The van der Waals surface area contributed by atoms with Crippen molar-refractivity contribution in [1.82, 2.24) is 4.98 Å². The number of methoxy groups -OCH3 is 1. The Kier molecular flexibility index (Phi) is 3.93. The topological polar surface area (TPSA) is 40.6 Å². The SMILES string of the molecule is COc1nccc(CC2(C)CCC3(CC2)OCCO3)c1C. The smallest absolute Gasteiger partial charge is 0.216 e. The van der Waals surface area contributed by atoms with Gasteiger partial charge in [-0.2, -0.15) is 0 Å². The summed E-state index contributed by atoms with van der Waals surface area (Å²) in [6.07, 6.45) is 7.19. The van der Waals surface area contributed by atoms with Crippen LogP contribution >= 0.6 is 0 Å². The second-order valence-corrected chi connectivity index (χ2v) is 6.70. The van der Waals surface area contributed by atoms with Gasteiger partial charge in [-0.3, -0.25) is 0 Å². The van der Waals surface area contributed by atoms with Gasteiger partial charge in [-0.05, 0) is 43.2 Å². The van der Waals surface area contributed by atoms with E-state index < -0.39 is 0 Å². The minimum atomic E-state index is -0.273. The number of ether oxygens (including phenoxy) is 3. The lowest BCUT2D eigenvalue weighted by Gasteiger charge is -2.42. The zero-order chi connectivity index (χ0) is 14.9. The first-order valence-corrected chi connectivity index (χ1v) is 7.82. The molecule has 1 saturated heterocycles. The molecule has 0 unspecified atom stereocenters. The highest BCUT2D eigenvalue weighted by atomic mass is 16.7. The average Bonchev–Trinajstić information content (AvgIpc) is 2.94. The van der Waals surface area contributed by atoms with E-state index in [2.05, 4.69) is 24.9 Å². The summed E-state index contributed by atoms with van der Waals surface area (Å²) >= 11 is 0. The van der Waals surface area contributed by atoms with Crippen molar-refractivity contribution >= 4 is 0 Å². The molecular formula is C17H25NO3. The lowest BCUT2D eigenvalue weighted by molar-refractivity contribution is -0.190. The van der Waals surface area contributed by atoms with Crippen molar-refractivity contribution in [3.63, 3.8) is 0 Å². The van der Waals surface area contributed by atoms with Crippen LogP contribution in [0.25, 0.3) is 0 Å². The third-order valence-corrected chi connectivity index (χ3v) is 5.11. The van der Waals surface area contributed by atoms with E-state index in [0.29, 0.717) is 5.41 Å². The summed E-state index contributed by atoms with van der Waals surface area (Å²) in [7, 11) is 1.68. The van der Waals surface area contributed by atoms with Crippen molar-refractivity contribution in [3.05, 3.63) is 23.4 Å². The normalized spacial score (nSPS) is 23.4. The zero-order valence-corrected chi connectivity index (χ0v) is 13.3. The van der Waals surface area contributed by atoms with Crippen molar-refractivity contribution < 1.29 is 14.2 Å². The standard InChI is InChI=1S/C17H25NO3/c1-13-14(4-9-18-15(13)19-3)12-16(2)5-7-17(8-6-16)20-10-11-21-17/h4,9H,5-8,10-12H2,1-3H3. The first-order chi connectivity index (χ1) is 10.1. The van der Waals surface area contributed by atoms with Crippen LogP contribution in [0.3, 0.4) is 0 Å². The highest BCUT2D eigenvalue weighted by Crippen LogP contribution is 2.46. The lowest BCUT2D eigenvalue weighted by Crippen LogP contribution is -2.39. The Balaban J connectivity index is 1.70. The maximum Gasteiger partial charge on any atom is 0.216 e. The van der Waals surface area contributed by atoms with Crippen molar-refractivity contribution in [3.8, 4) is 5.88 Å². The maximum absolute atomic E-state index is 5.83. The number of nitrogens with zero attached hydrogens (tertiary/aromatic N) is 1.